The molecular formula is C38H33F17O5. The van der Waals surface area contributed by atoms with Crippen LogP contribution in [0.15, 0.2) is 73.3 Å². The Kier molecular flexibility index (Phi) is 13.8. The first kappa shape index (κ1) is 48.2. The first-order valence-electron chi connectivity index (χ1n) is 17.2. The monoisotopic (exact) mass is 892 g/mol. The van der Waals surface area contributed by atoms with Crippen molar-refractivity contribution in [3.8, 4) is 28.4 Å². The highest BCUT2D eigenvalue weighted by Crippen LogP contribution is 2.54. The average molecular weight is 893 g/mol. The van der Waals surface area contributed by atoms with Crippen molar-refractivity contribution >= 4 is 6.08 Å². The molecule has 0 saturated carbocycles. The van der Waals surface area contributed by atoms with Gasteiger partial charge in [0.2, 0.25) is 0 Å². The molecule has 1 fully saturated rings. The molecule has 0 atom stereocenters. The second kappa shape index (κ2) is 17.1. The highest BCUT2D eigenvalue weighted by Gasteiger charge is 2.82. The number of hydrogen-bond donors (Lipinski definition) is 0. The average Bonchev–Trinajstić information content (AvgIpc) is 3.16. The molecule has 0 bridgehead atoms. The zero-order valence-electron chi connectivity index (χ0n) is 30.8. The van der Waals surface area contributed by atoms with Crippen LogP contribution in [0.4, 0.5) is 74.6 Å². The predicted molar refractivity (Wildman–Crippen MR) is 179 cm³/mol. The van der Waals surface area contributed by atoms with Crippen molar-refractivity contribution in [2.75, 3.05) is 46.2 Å². The molecule has 60 heavy (non-hydrogen) atoms. The van der Waals surface area contributed by atoms with Gasteiger partial charge in [-0.25, -0.2) is 4.39 Å². The zero-order valence-corrected chi connectivity index (χ0v) is 30.8. The molecule has 0 aliphatic carbocycles. The van der Waals surface area contributed by atoms with Gasteiger partial charge in [-0.15, -0.1) is 0 Å². The molecule has 1 saturated heterocycles. The van der Waals surface area contributed by atoms with Crippen LogP contribution in [-0.2, 0) is 9.47 Å². The molecule has 3 aromatic carbocycles. The molecule has 1 heterocycles. The van der Waals surface area contributed by atoms with Gasteiger partial charge in [0.15, 0.2) is 31.4 Å². The van der Waals surface area contributed by atoms with E-state index in [1.807, 2.05) is 0 Å². The van der Waals surface area contributed by atoms with Crippen molar-refractivity contribution in [2.24, 2.45) is 5.41 Å². The van der Waals surface area contributed by atoms with Gasteiger partial charge in [-0.05, 0) is 59.5 Å². The van der Waals surface area contributed by atoms with Gasteiger partial charge in [0.1, 0.15) is 18.1 Å². The van der Waals surface area contributed by atoms with Gasteiger partial charge in [-0.2, -0.15) is 70.2 Å². The van der Waals surface area contributed by atoms with E-state index in [0.29, 0.717) is 24.1 Å². The molecule has 0 amide bonds. The molecule has 4 rings (SSSR count). The summed E-state index contributed by atoms with van der Waals surface area (Å²) in [7, 11) is 0. The van der Waals surface area contributed by atoms with Gasteiger partial charge in [0.25, 0.3) is 0 Å². The van der Waals surface area contributed by atoms with Crippen molar-refractivity contribution in [1.82, 2.24) is 0 Å². The zero-order chi connectivity index (χ0) is 45.2. The molecule has 3 aromatic rings. The van der Waals surface area contributed by atoms with Crippen molar-refractivity contribution in [2.45, 2.75) is 60.7 Å². The van der Waals surface area contributed by atoms with Crippen LogP contribution in [0.5, 0.6) is 17.2 Å². The smallest absolute Gasteiger partial charge is 0.381 e. The van der Waals surface area contributed by atoms with Crippen molar-refractivity contribution in [1.29, 1.82) is 0 Å². The third kappa shape index (κ3) is 9.37. The van der Waals surface area contributed by atoms with E-state index in [-0.39, 0.29) is 24.3 Å². The highest BCUT2D eigenvalue weighted by molar-refractivity contribution is 5.65. The quantitative estimate of drug-likeness (QED) is 0.0941. The van der Waals surface area contributed by atoms with Crippen molar-refractivity contribution in [3.63, 3.8) is 0 Å². The number of alkyl halides is 16. The molecule has 22 heteroatoms. The van der Waals surface area contributed by atoms with Crippen LogP contribution >= 0.6 is 0 Å². The molecule has 0 radical (unpaired) electrons. The SMILES string of the molecule is C=Cc1ccc(OCC(F)(F)C(F)(F)C(F)(F)C(F)(F)COc2ccc(-c3ccc(OCC(F)(F)C(F)(F)C(F)(F)C(F)(F)COCC4(CC)COC4)cc3)cc2F)cc1. The Morgan fingerprint density at radius 2 is 0.967 bits per heavy atom. The Morgan fingerprint density at radius 1 is 0.567 bits per heavy atom. The minimum absolute atomic E-state index is 0.0146. The van der Waals surface area contributed by atoms with Gasteiger partial charge in [0, 0.05) is 5.41 Å². The molecule has 5 nitrogen and oxygen atoms in total. The summed E-state index contributed by atoms with van der Waals surface area (Å²) < 4.78 is 267. The van der Waals surface area contributed by atoms with E-state index in [0.717, 1.165) is 42.5 Å². The maximum atomic E-state index is 14.8. The summed E-state index contributed by atoms with van der Waals surface area (Å²) in [5.74, 6) is -54.6. The second-order valence-corrected chi connectivity index (χ2v) is 13.8. The van der Waals surface area contributed by atoms with Gasteiger partial charge >= 0.3 is 47.4 Å². The Balaban J connectivity index is 1.36. The Bertz CT molecular complexity index is 1910. The van der Waals surface area contributed by atoms with Crippen LogP contribution in [0, 0.1) is 11.2 Å². The van der Waals surface area contributed by atoms with E-state index in [2.05, 4.69) is 25.5 Å². The number of benzene rings is 3. The fraction of sp³-hybridized carbons (Fsp3) is 0.474. The normalized spacial score (nSPS) is 15.6. The second-order valence-electron chi connectivity index (χ2n) is 13.8. The molecule has 0 aromatic heterocycles. The Labute approximate surface area is 330 Å². The molecule has 334 valence electrons. The maximum absolute atomic E-state index is 14.8. The number of halogens is 17. The van der Waals surface area contributed by atoms with Crippen LogP contribution in [0.3, 0.4) is 0 Å². The van der Waals surface area contributed by atoms with Crippen LogP contribution in [0.1, 0.15) is 18.9 Å². The van der Waals surface area contributed by atoms with Crippen molar-refractivity contribution < 1.29 is 98.3 Å². The summed E-state index contributed by atoms with van der Waals surface area (Å²) in [6, 6.07) is 9.67. The van der Waals surface area contributed by atoms with Crippen LogP contribution in [0.25, 0.3) is 17.2 Å². The van der Waals surface area contributed by atoms with E-state index in [1.165, 1.54) is 18.2 Å². The van der Waals surface area contributed by atoms with Crippen molar-refractivity contribution in [3.05, 3.63) is 84.7 Å². The van der Waals surface area contributed by atoms with Crippen LogP contribution in [-0.4, -0.2) is 93.6 Å². The molecule has 0 spiro atoms. The Hall–Kier alpha value is -4.47. The molecule has 1 aliphatic heterocycles. The minimum atomic E-state index is -6.80. The van der Waals surface area contributed by atoms with Gasteiger partial charge in [0.05, 0.1) is 19.8 Å². The summed E-state index contributed by atoms with van der Waals surface area (Å²) in [6.45, 7) is -5.63. The number of hydrogen-bond acceptors (Lipinski definition) is 5. The summed E-state index contributed by atoms with van der Waals surface area (Å²) in [6.07, 6.45) is 1.61. The third-order valence-corrected chi connectivity index (χ3v) is 9.37. The lowest BCUT2D eigenvalue weighted by Crippen LogP contribution is -2.65. The van der Waals surface area contributed by atoms with Crippen LogP contribution in [0.2, 0.25) is 0 Å². The van der Waals surface area contributed by atoms with Crippen LogP contribution < -0.4 is 14.2 Å². The number of rotatable bonds is 22. The van der Waals surface area contributed by atoms with Gasteiger partial charge < -0.3 is 23.7 Å². The standard InChI is InChI=1S/C38H33F17O5/c1-3-23-5-10-26(11-6-23)58-20-33(44,45)37(52,53)38(54,55)34(46,47)22-60-29-14-9-25(15-28(29)39)24-7-12-27(13-8-24)59-21-32(42,43)36(50,51)35(48,49)31(40,41)19-57-18-30(4-2)16-56-17-30/h3,5-15H,1,4,16-22H2,2H3. The predicted octanol–water partition coefficient (Wildman–Crippen LogP) is 11.5. The fourth-order valence-corrected chi connectivity index (χ4v) is 5.21. The lowest BCUT2D eigenvalue weighted by atomic mass is 9.84. The van der Waals surface area contributed by atoms with E-state index in [4.69, 9.17) is 4.74 Å². The molecule has 0 N–H and O–H groups in total. The summed E-state index contributed by atoms with van der Waals surface area (Å²) in [5.41, 5.74) is -0.703. The summed E-state index contributed by atoms with van der Waals surface area (Å²) in [5, 5.41) is 0. The van der Waals surface area contributed by atoms with E-state index in [1.54, 1.807) is 6.92 Å². The summed E-state index contributed by atoms with van der Waals surface area (Å²) in [4.78, 5) is 0. The largest absolute Gasteiger partial charge is 0.487 e. The minimum Gasteiger partial charge on any atom is -0.487 e. The lowest BCUT2D eigenvalue weighted by molar-refractivity contribution is -0.375. The van der Waals surface area contributed by atoms with Gasteiger partial charge in [-0.1, -0.05) is 49.9 Å². The Morgan fingerprint density at radius 3 is 1.35 bits per heavy atom. The van der Waals surface area contributed by atoms with E-state index >= 15 is 0 Å². The number of ether oxygens (including phenoxy) is 5. The first-order chi connectivity index (χ1) is 27.5. The summed E-state index contributed by atoms with van der Waals surface area (Å²) >= 11 is 0. The van der Waals surface area contributed by atoms with Gasteiger partial charge in [-0.3, -0.25) is 0 Å². The fourth-order valence-electron chi connectivity index (χ4n) is 5.21. The van der Waals surface area contributed by atoms with E-state index in [9.17, 15) is 74.6 Å². The molecular weight excluding hydrogens is 859 g/mol. The third-order valence-electron chi connectivity index (χ3n) is 9.37. The first-order valence-corrected chi connectivity index (χ1v) is 17.2. The van der Waals surface area contributed by atoms with E-state index < -0.39 is 109 Å². The maximum Gasteiger partial charge on any atom is 0.381 e. The topological polar surface area (TPSA) is 46.2 Å². The molecule has 0 unspecified atom stereocenters. The lowest BCUT2D eigenvalue weighted by Gasteiger charge is -2.41. The molecule has 1 aliphatic rings. The highest BCUT2D eigenvalue weighted by atomic mass is 19.4.